The van der Waals surface area contributed by atoms with E-state index in [9.17, 15) is 19.5 Å². The van der Waals surface area contributed by atoms with Crippen LogP contribution in [0.25, 0.3) is 0 Å². The van der Waals surface area contributed by atoms with Gasteiger partial charge in [-0.2, -0.15) is 0 Å². The Kier molecular flexibility index (Phi) is 6.78. The summed E-state index contributed by atoms with van der Waals surface area (Å²) in [5.41, 5.74) is -0.154. The Morgan fingerprint density at radius 1 is 1.20 bits per heavy atom. The molecule has 0 aliphatic carbocycles. The fourth-order valence-electron chi connectivity index (χ4n) is 1.96. The van der Waals surface area contributed by atoms with E-state index >= 15 is 0 Å². The smallest absolute Gasteiger partial charge is 0.408 e. The van der Waals surface area contributed by atoms with Crippen molar-refractivity contribution in [2.45, 2.75) is 45.8 Å². The van der Waals surface area contributed by atoms with Crippen LogP contribution in [0.1, 0.15) is 33.3 Å². The van der Waals surface area contributed by atoms with E-state index < -0.39 is 29.7 Å². The zero-order valence-electron chi connectivity index (χ0n) is 14.9. The van der Waals surface area contributed by atoms with Crippen molar-refractivity contribution in [1.29, 1.82) is 0 Å². The van der Waals surface area contributed by atoms with Gasteiger partial charge in [0.05, 0.1) is 7.11 Å². The van der Waals surface area contributed by atoms with Crippen molar-refractivity contribution in [3.8, 4) is 11.5 Å². The maximum atomic E-state index is 11.8. The van der Waals surface area contributed by atoms with E-state index in [2.05, 4.69) is 5.32 Å². The minimum Gasteiger partial charge on any atom is -0.493 e. The van der Waals surface area contributed by atoms with Gasteiger partial charge in [-0.05, 0) is 38.5 Å². The summed E-state index contributed by atoms with van der Waals surface area (Å²) in [6.45, 7) is 6.31. The number of alkyl carbamates (subject to hydrolysis) is 1. The van der Waals surface area contributed by atoms with Crippen LogP contribution in [-0.2, 0) is 20.7 Å². The van der Waals surface area contributed by atoms with Crippen LogP contribution in [0.4, 0.5) is 4.79 Å². The second-order valence-electron chi connectivity index (χ2n) is 6.32. The minimum atomic E-state index is -1.20. The Labute approximate surface area is 146 Å². The SMILES string of the molecule is COc1cc(CC(NC(=O)OC(C)(C)C)C(=O)O)ccc1OC(C)=O. The summed E-state index contributed by atoms with van der Waals surface area (Å²) in [6.07, 6.45) is -0.811. The van der Waals surface area contributed by atoms with Crippen LogP contribution in [0, 0.1) is 0 Å². The quantitative estimate of drug-likeness (QED) is 0.595. The highest BCUT2D eigenvalue weighted by Gasteiger charge is 2.24. The number of amides is 1. The maximum Gasteiger partial charge on any atom is 0.408 e. The number of ether oxygens (including phenoxy) is 3. The van der Waals surface area contributed by atoms with Crippen LogP contribution >= 0.6 is 0 Å². The summed E-state index contributed by atoms with van der Waals surface area (Å²) >= 11 is 0. The molecule has 1 unspecified atom stereocenters. The molecule has 138 valence electrons. The lowest BCUT2D eigenvalue weighted by Crippen LogP contribution is -2.44. The first kappa shape index (κ1) is 20.3. The summed E-state index contributed by atoms with van der Waals surface area (Å²) in [5.74, 6) is -1.19. The number of aliphatic carboxylic acids is 1. The number of hydrogen-bond acceptors (Lipinski definition) is 6. The number of carbonyl (C=O) groups is 3. The van der Waals surface area contributed by atoms with Gasteiger partial charge in [0.25, 0.3) is 0 Å². The van der Waals surface area contributed by atoms with Gasteiger partial charge in [-0.15, -0.1) is 0 Å². The van der Waals surface area contributed by atoms with Crippen LogP contribution in [0.3, 0.4) is 0 Å². The second-order valence-corrected chi connectivity index (χ2v) is 6.32. The predicted molar refractivity (Wildman–Crippen MR) is 88.8 cm³/mol. The first-order chi connectivity index (χ1) is 11.5. The molecule has 25 heavy (non-hydrogen) atoms. The molecular formula is C17H23NO7. The van der Waals surface area contributed by atoms with Crippen molar-refractivity contribution < 1.29 is 33.7 Å². The zero-order chi connectivity index (χ0) is 19.2. The first-order valence-corrected chi connectivity index (χ1v) is 7.59. The van der Waals surface area contributed by atoms with Crippen molar-refractivity contribution in [2.24, 2.45) is 0 Å². The molecule has 0 radical (unpaired) electrons. The van der Waals surface area contributed by atoms with E-state index in [1.807, 2.05) is 0 Å². The predicted octanol–water partition coefficient (Wildman–Crippen LogP) is 2.14. The Morgan fingerprint density at radius 3 is 2.32 bits per heavy atom. The van der Waals surface area contributed by atoms with Gasteiger partial charge in [0, 0.05) is 13.3 Å². The van der Waals surface area contributed by atoms with Crippen LogP contribution in [0.2, 0.25) is 0 Å². The number of methoxy groups -OCH3 is 1. The highest BCUT2D eigenvalue weighted by molar-refractivity contribution is 5.80. The third kappa shape index (κ3) is 7.11. The van der Waals surface area contributed by atoms with E-state index in [4.69, 9.17) is 14.2 Å². The van der Waals surface area contributed by atoms with Gasteiger partial charge in [-0.25, -0.2) is 9.59 Å². The molecule has 1 rings (SSSR count). The lowest BCUT2D eigenvalue weighted by Gasteiger charge is -2.22. The Bertz CT molecular complexity index is 649. The molecule has 1 amide bonds. The average Bonchev–Trinajstić information content (AvgIpc) is 2.45. The molecular weight excluding hydrogens is 330 g/mol. The summed E-state index contributed by atoms with van der Waals surface area (Å²) in [5, 5.41) is 11.6. The van der Waals surface area contributed by atoms with E-state index in [-0.39, 0.29) is 17.9 Å². The molecule has 0 saturated heterocycles. The van der Waals surface area contributed by atoms with Crippen molar-refractivity contribution in [3.05, 3.63) is 23.8 Å². The molecule has 0 aliphatic heterocycles. The van der Waals surface area contributed by atoms with Crippen LogP contribution in [0.15, 0.2) is 18.2 Å². The fraction of sp³-hybridized carbons (Fsp3) is 0.471. The van der Waals surface area contributed by atoms with Crippen molar-refractivity contribution in [1.82, 2.24) is 5.32 Å². The number of esters is 1. The van der Waals surface area contributed by atoms with Crippen LogP contribution in [-0.4, -0.2) is 41.9 Å². The fourth-order valence-corrected chi connectivity index (χ4v) is 1.96. The van der Waals surface area contributed by atoms with Crippen molar-refractivity contribution in [2.75, 3.05) is 7.11 Å². The molecule has 8 nitrogen and oxygen atoms in total. The van der Waals surface area contributed by atoms with E-state index in [1.54, 1.807) is 32.9 Å². The van der Waals surface area contributed by atoms with Gasteiger partial charge in [0.1, 0.15) is 11.6 Å². The van der Waals surface area contributed by atoms with Gasteiger partial charge in [0.2, 0.25) is 0 Å². The summed E-state index contributed by atoms with van der Waals surface area (Å²) in [6, 6.07) is 3.46. The van der Waals surface area contributed by atoms with Gasteiger partial charge in [-0.1, -0.05) is 6.07 Å². The third-order valence-electron chi connectivity index (χ3n) is 2.91. The van der Waals surface area contributed by atoms with Gasteiger partial charge in [-0.3, -0.25) is 4.79 Å². The number of carboxylic acids is 1. The number of nitrogens with one attached hydrogen (secondary N) is 1. The largest absolute Gasteiger partial charge is 0.493 e. The van der Waals surface area contributed by atoms with Gasteiger partial charge in [0.15, 0.2) is 11.5 Å². The van der Waals surface area contributed by atoms with Crippen molar-refractivity contribution >= 4 is 18.0 Å². The molecule has 0 heterocycles. The topological polar surface area (TPSA) is 111 Å². The number of rotatable bonds is 6. The molecule has 0 aromatic heterocycles. The van der Waals surface area contributed by atoms with Crippen LogP contribution in [0.5, 0.6) is 11.5 Å². The van der Waals surface area contributed by atoms with E-state index in [1.165, 1.54) is 20.1 Å². The lowest BCUT2D eigenvalue weighted by atomic mass is 10.1. The Morgan fingerprint density at radius 2 is 1.84 bits per heavy atom. The summed E-state index contributed by atoms with van der Waals surface area (Å²) in [7, 11) is 1.40. The summed E-state index contributed by atoms with van der Waals surface area (Å²) in [4.78, 5) is 34.2. The third-order valence-corrected chi connectivity index (χ3v) is 2.91. The molecule has 1 aromatic rings. The highest BCUT2D eigenvalue weighted by Crippen LogP contribution is 2.28. The molecule has 2 N–H and O–H groups in total. The summed E-state index contributed by atoms with van der Waals surface area (Å²) < 4.78 is 15.2. The van der Waals surface area contributed by atoms with Gasteiger partial charge < -0.3 is 24.6 Å². The molecule has 0 spiro atoms. The van der Waals surface area contributed by atoms with E-state index in [0.717, 1.165) is 0 Å². The highest BCUT2D eigenvalue weighted by atomic mass is 16.6. The molecule has 0 aliphatic rings. The molecule has 0 bridgehead atoms. The van der Waals surface area contributed by atoms with Crippen LogP contribution < -0.4 is 14.8 Å². The average molecular weight is 353 g/mol. The Balaban J connectivity index is 2.90. The maximum absolute atomic E-state index is 11.8. The molecule has 1 aromatic carbocycles. The first-order valence-electron chi connectivity index (χ1n) is 7.59. The zero-order valence-corrected chi connectivity index (χ0v) is 14.9. The second kappa shape index (κ2) is 8.36. The number of carbonyl (C=O) groups excluding carboxylic acids is 2. The lowest BCUT2D eigenvalue weighted by molar-refractivity contribution is -0.139. The Hall–Kier alpha value is -2.77. The number of carboxylic acid groups (broad SMARTS) is 1. The number of benzene rings is 1. The molecule has 0 saturated carbocycles. The molecule has 1 atom stereocenters. The molecule has 0 fully saturated rings. The van der Waals surface area contributed by atoms with Crippen molar-refractivity contribution in [3.63, 3.8) is 0 Å². The normalized spacial score (nSPS) is 12.0. The minimum absolute atomic E-state index is 0.00525. The standard InChI is InChI=1S/C17H23NO7/c1-10(19)24-13-7-6-11(9-14(13)23-5)8-12(15(20)21)18-16(22)25-17(2,3)4/h6-7,9,12H,8H2,1-5H3,(H,18,22)(H,20,21). The van der Waals surface area contributed by atoms with E-state index in [0.29, 0.717) is 5.56 Å². The van der Waals surface area contributed by atoms with Gasteiger partial charge >= 0.3 is 18.0 Å². The monoisotopic (exact) mass is 353 g/mol. The molecule has 8 heteroatoms. The number of hydrogen-bond donors (Lipinski definition) is 2.